The highest BCUT2D eigenvalue weighted by molar-refractivity contribution is 7.91. The van der Waals surface area contributed by atoms with Gasteiger partial charge in [-0.05, 0) is 32.1 Å². The van der Waals surface area contributed by atoms with Gasteiger partial charge in [0.05, 0.1) is 22.5 Å². The van der Waals surface area contributed by atoms with E-state index >= 15 is 0 Å². The molecule has 1 aromatic carbocycles. The molecule has 27 heavy (non-hydrogen) atoms. The predicted molar refractivity (Wildman–Crippen MR) is 104 cm³/mol. The van der Waals surface area contributed by atoms with Crippen molar-refractivity contribution in [2.24, 2.45) is 0 Å². The Hall–Kier alpha value is -2.13. The summed E-state index contributed by atoms with van der Waals surface area (Å²) in [5.41, 5.74) is 2.64. The van der Waals surface area contributed by atoms with Crippen molar-refractivity contribution in [3.63, 3.8) is 0 Å². The standard InChI is InChI=1S/C18H19N3O4S2/c22-21(23)13-5-3-4-12(10-13)17-19-18(26)15-6-1-2-7-16(15)20(17)14-8-9-27(24,25)11-14/h3-5,10,14H,1-2,6-9,11H2. The third kappa shape index (κ3) is 3.41. The molecule has 2 heterocycles. The molecule has 142 valence electrons. The van der Waals surface area contributed by atoms with Gasteiger partial charge < -0.3 is 4.57 Å². The number of rotatable bonds is 3. The lowest BCUT2D eigenvalue weighted by Crippen LogP contribution is -2.23. The number of aromatic nitrogens is 2. The van der Waals surface area contributed by atoms with Crippen LogP contribution in [0, 0.1) is 14.8 Å². The molecule has 0 amide bonds. The van der Waals surface area contributed by atoms with Gasteiger partial charge in [0.25, 0.3) is 5.69 Å². The maximum absolute atomic E-state index is 12.1. The maximum atomic E-state index is 12.1. The number of nitro benzene ring substituents is 1. The van der Waals surface area contributed by atoms with Crippen molar-refractivity contribution in [1.29, 1.82) is 0 Å². The van der Waals surface area contributed by atoms with Crippen molar-refractivity contribution < 1.29 is 13.3 Å². The van der Waals surface area contributed by atoms with Gasteiger partial charge in [0, 0.05) is 29.0 Å². The Labute approximate surface area is 162 Å². The second-order valence-electron chi connectivity index (χ2n) is 7.11. The molecular formula is C18H19N3O4S2. The number of nitro groups is 1. The summed E-state index contributed by atoms with van der Waals surface area (Å²) in [6.07, 6.45) is 4.24. The van der Waals surface area contributed by atoms with E-state index in [9.17, 15) is 18.5 Å². The first-order valence-corrected chi connectivity index (χ1v) is 11.2. The molecule has 1 unspecified atom stereocenters. The number of benzene rings is 1. The zero-order chi connectivity index (χ0) is 19.2. The van der Waals surface area contributed by atoms with E-state index in [0.29, 0.717) is 22.4 Å². The van der Waals surface area contributed by atoms with Gasteiger partial charge in [-0.15, -0.1) is 0 Å². The number of non-ortho nitro benzene ring substituents is 1. The van der Waals surface area contributed by atoms with Crippen LogP contribution in [0.25, 0.3) is 11.4 Å². The fraction of sp³-hybridized carbons (Fsp3) is 0.444. The summed E-state index contributed by atoms with van der Waals surface area (Å²) in [7, 11) is -3.08. The minimum absolute atomic E-state index is 0.0245. The molecule has 0 bridgehead atoms. The molecule has 4 rings (SSSR count). The van der Waals surface area contributed by atoms with E-state index in [-0.39, 0.29) is 23.2 Å². The van der Waals surface area contributed by atoms with Crippen molar-refractivity contribution in [2.75, 3.05) is 11.5 Å². The summed E-state index contributed by atoms with van der Waals surface area (Å²) in [6.45, 7) is 0. The number of hydrogen-bond donors (Lipinski definition) is 0. The monoisotopic (exact) mass is 405 g/mol. The molecule has 0 spiro atoms. The topological polar surface area (TPSA) is 95.1 Å². The van der Waals surface area contributed by atoms with Crippen LogP contribution in [0.2, 0.25) is 0 Å². The van der Waals surface area contributed by atoms with Gasteiger partial charge in [-0.3, -0.25) is 10.1 Å². The van der Waals surface area contributed by atoms with Crippen LogP contribution in [0.1, 0.15) is 36.6 Å². The van der Waals surface area contributed by atoms with E-state index in [2.05, 4.69) is 4.98 Å². The van der Waals surface area contributed by atoms with Gasteiger partial charge in [0.2, 0.25) is 0 Å². The first-order chi connectivity index (χ1) is 12.9. The van der Waals surface area contributed by atoms with Gasteiger partial charge >= 0.3 is 0 Å². The molecule has 1 aliphatic heterocycles. The zero-order valence-electron chi connectivity index (χ0n) is 14.6. The van der Waals surface area contributed by atoms with Crippen molar-refractivity contribution in [1.82, 2.24) is 9.55 Å². The third-order valence-electron chi connectivity index (χ3n) is 5.31. The van der Waals surface area contributed by atoms with Gasteiger partial charge in [0.1, 0.15) is 10.5 Å². The van der Waals surface area contributed by atoms with Crippen molar-refractivity contribution in [3.8, 4) is 11.4 Å². The van der Waals surface area contributed by atoms with Crippen LogP contribution in [-0.2, 0) is 22.7 Å². The molecule has 1 fully saturated rings. The quantitative estimate of drug-likeness (QED) is 0.441. The second-order valence-corrected chi connectivity index (χ2v) is 9.72. The predicted octanol–water partition coefficient (Wildman–Crippen LogP) is 3.43. The SMILES string of the molecule is O=[N+]([O-])c1cccc(-c2nc(=S)c3c(n2C2CCS(=O)(=O)C2)CCCC3)c1. The van der Waals surface area contributed by atoms with E-state index in [1.165, 1.54) is 12.1 Å². The lowest BCUT2D eigenvalue weighted by atomic mass is 9.95. The summed E-state index contributed by atoms with van der Waals surface area (Å²) in [6, 6.07) is 6.08. The smallest absolute Gasteiger partial charge is 0.270 e. The first-order valence-electron chi connectivity index (χ1n) is 8.95. The van der Waals surface area contributed by atoms with Crippen molar-refractivity contribution in [2.45, 2.75) is 38.1 Å². The maximum Gasteiger partial charge on any atom is 0.270 e. The Morgan fingerprint density at radius 1 is 1.26 bits per heavy atom. The van der Waals surface area contributed by atoms with Gasteiger partial charge in [-0.2, -0.15) is 0 Å². The van der Waals surface area contributed by atoms with Crippen molar-refractivity contribution in [3.05, 3.63) is 50.3 Å². The first kappa shape index (κ1) is 18.2. The lowest BCUT2D eigenvalue weighted by molar-refractivity contribution is -0.384. The summed E-state index contributed by atoms with van der Waals surface area (Å²) in [5.74, 6) is 0.764. The Morgan fingerprint density at radius 3 is 2.74 bits per heavy atom. The zero-order valence-corrected chi connectivity index (χ0v) is 16.3. The Bertz CT molecular complexity index is 1090. The second kappa shape index (κ2) is 6.79. The molecule has 0 radical (unpaired) electrons. The third-order valence-corrected chi connectivity index (χ3v) is 7.40. The largest absolute Gasteiger partial charge is 0.325 e. The summed E-state index contributed by atoms with van der Waals surface area (Å²) in [5, 5.41) is 11.2. The summed E-state index contributed by atoms with van der Waals surface area (Å²) < 4.78 is 26.7. The number of nitrogens with zero attached hydrogens (tertiary/aromatic N) is 3. The number of sulfone groups is 1. The molecule has 0 N–H and O–H groups in total. The number of hydrogen-bond acceptors (Lipinski definition) is 6. The van der Waals surface area contributed by atoms with Crippen LogP contribution < -0.4 is 0 Å². The lowest BCUT2D eigenvalue weighted by Gasteiger charge is -2.28. The highest BCUT2D eigenvalue weighted by Crippen LogP contribution is 2.35. The molecule has 1 aliphatic carbocycles. The average molecular weight is 406 g/mol. The molecule has 9 heteroatoms. The molecule has 7 nitrogen and oxygen atoms in total. The normalized spacial score (nSPS) is 21.0. The molecule has 2 aromatic rings. The highest BCUT2D eigenvalue weighted by atomic mass is 32.2. The molecule has 2 aliphatic rings. The van der Waals surface area contributed by atoms with E-state index in [4.69, 9.17) is 12.2 Å². The van der Waals surface area contributed by atoms with Gasteiger partial charge in [-0.25, -0.2) is 13.4 Å². The van der Waals surface area contributed by atoms with Crippen LogP contribution in [0.3, 0.4) is 0 Å². The van der Waals surface area contributed by atoms with Gasteiger partial charge in [0.15, 0.2) is 9.84 Å². The van der Waals surface area contributed by atoms with E-state index in [0.717, 1.165) is 36.9 Å². The van der Waals surface area contributed by atoms with Crippen LogP contribution in [-0.4, -0.2) is 34.4 Å². The van der Waals surface area contributed by atoms with Crippen LogP contribution >= 0.6 is 12.2 Å². The minimum Gasteiger partial charge on any atom is -0.325 e. The molecule has 1 aromatic heterocycles. The minimum atomic E-state index is -3.08. The van der Waals surface area contributed by atoms with Crippen LogP contribution in [0.4, 0.5) is 5.69 Å². The Morgan fingerprint density at radius 2 is 2.04 bits per heavy atom. The van der Waals surface area contributed by atoms with Gasteiger partial charge in [-0.1, -0.05) is 24.4 Å². The summed E-state index contributed by atoms with van der Waals surface area (Å²) in [4.78, 5) is 15.4. The average Bonchev–Trinajstić information content (AvgIpc) is 3.01. The molecule has 1 atom stereocenters. The fourth-order valence-corrected chi connectivity index (χ4v) is 6.07. The molecule has 1 saturated heterocycles. The highest BCUT2D eigenvalue weighted by Gasteiger charge is 2.33. The van der Waals surface area contributed by atoms with E-state index in [1.807, 2.05) is 4.57 Å². The molecular weight excluding hydrogens is 386 g/mol. The van der Waals surface area contributed by atoms with E-state index < -0.39 is 14.8 Å². The van der Waals surface area contributed by atoms with Crippen molar-refractivity contribution >= 4 is 27.7 Å². The van der Waals surface area contributed by atoms with Crippen LogP contribution in [0.15, 0.2) is 24.3 Å². The van der Waals surface area contributed by atoms with Crippen LogP contribution in [0.5, 0.6) is 0 Å². The number of fused-ring (bicyclic) bond motifs is 1. The Balaban J connectivity index is 1.96. The Kier molecular flexibility index (Phi) is 4.59. The summed E-state index contributed by atoms with van der Waals surface area (Å²) >= 11 is 5.51. The fourth-order valence-electron chi connectivity index (χ4n) is 4.07. The molecule has 0 saturated carbocycles. The van der Waals surface area contributed by atoms with E-state index in [1.54, 1.807) is 12.1 Å².